The first kappa shape index (κ1) is 17.5. The molecule has 0 saturated heterocycles. The Labute approximate surface area is 147 Å². The van der Waals surface area contributed by atoms with Crippen molar-refractivity contribution in [2.45, 2.75) is 6.42 Å². The van der Waals surface area contributed by atoms with Crippen molar-refractivity contribution in [3.05, 3.63) is 69.2 Å². The summed E-state index contributed by atoms with van der Waals surface area (Å²) in [7, 11) is 0. The quantitative estimate of drug-likeness (QED) is 0.759. The lowest BCUT2D eigenvalue weighted by atomic mass is 10.1. The van der Waals surface area contributed by atoms with Gasteiger partial charge in [-0.3, -0.25) is 4.79 Å². The fraction of sp³-hybridized carbons (Fsp3) is 0.176. The smallest absolute Gasteiger partial charge is 0.338 e. The number of ether oxygens (including phenoxy) is 1. The lowest BCUT2D eigenvalue weighted by Crippen LogP contribution is -2.30. The second kappa shape index (κ2) is 8.70. The minimum absolute atomic E-state index is 0.296. The van der Waals surface area contributed by atoms with Gasteiger partial charge in [0, 0.05) is 16.0 Å². The summed E-state index contributed by atoms with van der Waals surface area (Å²) >= 11 is 9.09. The molecule has 0 fully saturated rings. The molecule has 0 aliphatic carbocycles. The van der Waals surface area contributed by atoms with Crippen LogP contribution < -0.4 is 5.32 Å². The van der Waals surface area contributed by atoms with Crippen LogP contribution in [-0.4, -0.2) is 25.0 Å². The molecule has 1 N–H and O–H groups in total. The lowest BCUT2D eigenvalue weighted by Gasteiger charge is -2.07. The summed E-state index contributed by atoms with van der Waals surface area (Å²) in [4.78, 5) is 23.4. The fourth-order valence-electron chi connectivity index (χ4n) is 1.85. The summed E-state index contributed by atoms with van der Waals surface area (Å²) < 4.78 is 5.83. The molecular weight excluding hydrogens is 382 g/mol. The van der Waals surface area contributed by atoms with Gasteiger partial charge in [0.25, 0.3) is 5.91 Å². The molecule has 0 atom stereocenters. The highest BCUT2D eigenvalue weighted by Gasteiger charge is 2.09. The topological polar surface area (TPSA) is 55.4 Å². The van der Waals surface area contributed by atoms with E-state index in [0.29, 0.717) is 23.6 Å². The Morgan fingerprint density at radius 1 is 1.04 bits per heavy atom. The Bertz CT molecular complexity index is 671. The van der Waals surface area contributed by atoms with Crippen molar-refractivity contribution < 1.29 is 14.3 Å². The number of amides is 1. The van der Waals surface area contributed by atoms with Crippen molar-refractivity contribution in [2.24, 2.45) is 0 Å². The Morgan fingerprint density at radius 3 is 2.35 bits per heavy atom. The predicted octanol–water partition coefficient (Wildman–Crippen LogP) is 3.62. The van der Waals surface area contributed by atoms with Crippen LogP contribution >= 0.6 is 27.5 Å². The van der Waals surface area contributed by atoms with E-state index in [4.69, 9.17) is 16.3 Å². The molecule has 0 saturated carbocycles. The number of benzene rings is 2. The molecule has 0 aliphatic heterocycles. The number of carbonyl (C=O) groups excluding carboxylic acids is 2. The van der Waals surface area contributed by atoms with Crippen molar-refractivity contribution in [3.8, 4) is 0 Å². The maximum atomic E-state index is 11.8. The van der Waals surface area contributed by atoms with E-state index in [1.54, 1.807) is 36.4 Å². The van der Waals surface area contributed by atoms with Crippen LogP contribution in [0.2, 0.25) is 5.02 Å². The van der Waals surface area contributed by atoms with E-state index in [-0.39, 0.29) is 12.5 Å². The molecule has 23 heavy (non-hydrogen) atoms. The first-order valence-corrected chi connectivity index (χ1v) is 8.15. The number of hydrogen-bond donors (Lipinski definition) is 1. The van der Waals surface area contributed by atoms with E-state index in [1.165, 1.54) is 0 Å². The van der Waals surface area contributed by atoms with E-state index in [1.807, 2.05) is 12.1 Å². The number of rotatable bonds is 6. The number of hydrogen-bond acceptors (Lipinski definition) is 3. The van der Waals surface area contributed by atoms with Gasteiger partial charge < -0.3 is 10.1 Å². The van der Waals surface area contributed by atoms with E-state index < -0.39 is 5.97 Å². The lowest BCUT2D eigenvalue weighted by molar-refractivity contribution is -0.124. The van der Waals surface area contributed by atoms with Crippen LogP contribution in [0.4, 0.5) is 0 Å². The van der Waals surface area contributed by atoms with Crippen LogP contribution in [0.15, 0.2) is 53.0 Å². The Morgan fingerprint density at radius 2 is 1.70 bits per heavy atom. The standard InChI is InChI=1S/C17H15BrClNO3/c18-14-5-3-13(4-6-14)17(22)23-11-16(21)20-10-9-12-1-7-15(19)8-2-12/h1-8H,9-11H2,(H,20,21). The normalized spacial score (nSPS) is 10.2. The zero-order valence-electron chi connectivity index (χ0n) is 12.2. The third-order valence-corrected chi connectivity index (χ3v) is 3.84. The fourth-order valence-corrected chi connectivity index (χ4v) is 2.24. The van der Waals surface area contributed by atoms with E-state index in [2.05, 4.69) is 21.2 Å². The Kier molecular flexibility index (Phi) is 6.62. The first-order valence-electron chi connectivity index (χ1n) is 6.98. The summed E-state index contributed by atoms with van der Waals surface area (Å²) in [5.74, 6) is -0.852. The summed E-state index contributed by atoms with van der Waals surface area (Å²) in [6.07, 6.45) is 0.684. The van der Waals surface area contributed by atoms with E-state index >= 15 is 0 Å². The van der Waals surface area contributed by atoms with Crippen molar-refractivity contribution in [3.63, 3.8) is 0 Å². The van der Waals surface area contributed by atoms with Crippen LogP contribution in [0.25, 0.3) is 0 Å². The average Bonchev–Trinajstić information content (AvgIpc) is 2.55. The number of halogens is 2. The second-order valence-corrected chi connectivity index (χ2v) is 6.16. The van der Waals surface area contributed by atoms with Gasteiger partial charge >= 0.3 is 5.97 Å². The van der Waals surface area contributed by atoms with Crippen LogP contribution in [0.1, 0.15) is 15.9 Å². The Hall–Kier alpha value is -1.85. The van der Waals surface area contributed by atoms with Gasteiger partial charge in [-0.15, -0.1) is 0 Å². The summed E-state index contributed by atoms with van der Waals surface area (Å²) in [6.45, 7) is 0.172. The highest BCUT2D eigenvalue weighted by Crippen LogP contribution is 2.11. The van der Waals surface area contributed by atoms with Gasteiger partial charge in [0.1, 0.15) is 0 Å². The number of nitrogens with one attached hydrogen (secondary N) is 1. The minimum Gasteiger partial charge on any atom is -0.452 e. The molecular formula is C17H15BrClNO3. The first-order chi connectivity index (χ1) is 11.0. The van der Waals surface area contributed by atoms with E-state index in [0.717, 1.165) is 10.0 Å². The highest BCUT2D eigenvalue weighted by molar-refractivity contribution is 9.10. The van der Waals surface area contributed by atoms with Gasteiger partial charge in [0.05, 0.1) is 5.56 Å². The van der Waals surface area contributed by atoms with Gasteiger partial charge in [-0.05, 0) is 48.4 Å². The van der Waals surface area contributed by atoms with Crippen molar-refractivity contribution in [1.82, 2.24) is 5.32 Å². The molecule has 2 aromatic carbocycles. The SMILES string of the molecule is O=C(COC(=O)c1ccc(Br)cc1)NCCc1ccc(Cl)cc1. The number of carbonyl (C=O) groups is 2. The molecule has 0 aliphatic rings. The highest BCUT2D eigenvalue weighted by atomic mass is 79.9. The molecule has 0 spiro atoms. The van der Waals surface area contributed by atoms with Gasteiger partial charge in [0.15, 0.2) is 6.61 Å². The molecule has 6 heteroatoms. The molecule has 0 aromatic heterocycles. The molecule has 0 unspecified atom stereocenters. The van der Waals surface area contributed by atoms with Crippen LogP contribution in [0.3, 0.4) is 0 Å². The van der Waals surface area contributed by atoms with Crippen LogP contribution in [0.5, 0.6) is 0 Å². The third-order valence-electron chi connectivity index (χ3n) is 3.06. The molecule has 4 nitrogen and oxygen atoms in total. The molecule has 2 rings (SSSR count). The van der Waals surface area contributed by atoms with Gasteiger partial charge in [-0.25, -0.2) is 4.79 Å². The van der Waals surface area contributed by atoms with Gasteiger partial charge in [-0.1, -0.05) is 39.7 Å². The molecule has 0 heterocycles. The third kappa shape index (κ3) is 6.04. The monoisotopic (exact) mass is 395 g/mol. The largest absolute Gasteiger partial charge is 0.452 e. The Balaban J connectivity index is 1.69. The molecule has 0 bridgehead atoms. The number of esters is 1. The molecule has 2 aromatic rings. The summed E-state index contributed by atoms with van der Waals surface area (Å²) in [5, 5.41) is 3.38. The second-order valence-electron chi connectivity index (χ2n) is 4.81. The minimum atomic E-state index is -0.523. The maximum Gasteiger partial charge on any atom is 0.338 e. The zero-order chi connectivity index (χ0) is 16.7. The summed E-state index contributed by atoms with van der Waals surface area (Å²) in [6, 6.07) is 14.2. The van der Waals surface area contributed by atoms with Crippen LogP contribution in [-0.2, 0) is 16.0 Å². The zero-order valence-corrected chi connectivity index (χ0v) is 14.6. The van der Waals surface area contributed by atoms with Crippen molar-refractivity contribution >= 4 is 39.4 Å². The molecule has 0 radical (unpaired) electrons. The molecule has 120 valence electrons. The maximum absolute atomic E-state index is 11.8. The van der Waals surface area contributed by atoms with Gasteiger partial charge in [0.2, 0.25) is 0 Å². The average molecular weight is 397 g/mol. The molecule has 1 amide bonds. The van der Waals surface area contributed by atoms with Crippen LogP contribution in [0, 0.1) is 0 Å². The van der Waals surface area contributed by atoms with E-state index in [9.17, 15) is 9.59 Å². The summed E-state index contributed by atoms with van der Waals surface area (Å²) in [5.41, 5.74) is 1.48. The van der Waals surface area contributed by atoms with Crippen molar-refractivity contribution in [1.29, 1.82) is 0 Å². The van der Waals surface area contributed by atoms with Crippen molar-refractivity contribution in [2.75, 3.05) is 13.2 Å². The predicted molar refractivity (Wildman–Crippen MR) is 92.6 cm³/mol. The van der Waals surface area contributed by atoms with Gasteiger partial charge in [-0.2, -0.15) is 0 Å².